The zero-order valence-electron chi connectivity index (χ0n) is 18.0. The normalized spacial score (nSPS) is 40.0. The average molecular weight is 397 g/mol. The van der Waals surface area contributed by atoms with E-state index in [1.54, 1.807) is 19.9 Å². The van der Waals surface area contributed by atoms with Crippen LogP contribution in [0, 0.1) is 34.5 Å². The molecule has 5 atom stereocenters. The van der Waals surface area contributed by atoms with E-state index >= 15 is 0 Å². The van der Waals surface area contributed by atoms with Gasteiger partial charge in [-0.25, -0.2) is 0 Å². The fraction of sp³-hybridized carbons (Fsp3) is 0.640. The number of rotatable bonds is 3. The fourth-order valence-electron chi connectivity index (χ4n) is 6.80. The van der Waals surface area contributed by atoms with E-state index in [4.69, 9.17) is 4.74 Å². The molecule has 0 radical (unpaired) electrons. The number of ketones is 1. The average Bonchev–Trinajstić information content (AvgIpc) is 3.03. The Kier molecular flexibility index (Phi) is 4.95. The van der Waals surface area contributed by atoms with Gasteiger partial charge in [-0.3, -0.25) is 14.4 Å². The van der Waals surface area contributed by atoms with E-state index < -0.39 is 0 Å². The van der Waals surface area contributed by atoms with Crippen molar-refractivity contribution in [1.29, 1.82) is 0 Å². The molecule has 0 spiro atoms. The lowest BCUT2D eigenvalue weighted by atomic mass is 9.48. The van der Waals surface area contributed by atoms with Gasteiger partial charge in [-0.2, -0.15) is 0 Å². The van der Waals surface area contributed by atoms with Crippen molar-refractivity contribution in [3.8, 4) is 0 Å². The third kappa shape index (κ3) is 3.06. The topological polar surface area (TPSA) is 60.4 Å². The highest BCUT2D eigenvalue weighted by atomic mass is 16.5. The van der Waals surface area contributed by atoms with Gasteiger partial charge >= 0.3 is 5.97 Å². The number of ether oxygens (including phenoxy) is 1. The molecule has 156 valence electrons. The molecule has 4 heteroatoms. The van der Waals surface area contributed by atoms with Gasteiger partial charge in [0.15, 0.2) is 17.8 Å². The summed E-state index contributed by atoms with van der Waals surface area (Å²) in [7, 11) is 0. The number of carbonyl (C=O) groups is 3. The first-order valence-corrected chi connectivity index (χ1v) is 11.1. The highest BCUT2D eigenvalue weighted by molar-refractivity contribution is 6.01. The van der Waals surface area contributed by atoms with Gasteiger partial charge in [0.1, 0.15) is 0 Å². The molecule has 0 bridgehead atoms. The van der Waals surface area contributed by atoms with Crippen LogP contribution in [0.4, 0.5) is 0 Å². The van der Waals surface area contributed by atoms with Crippen molar-refractivity contribution >= 4 is 18.0 Å². The fourth-order valence-corrected chi connectivity index (χ4v) is 6.80. The molecule has 0 amide bonds. The summed E-state index contributed by atoms with van der Waals surface area (Å²) in [5.74, 6) is 1.38. The van der Waals surface area contributed by atoms with Gasteiger partial charge in [-0.05, 0) is 79.4 Å². The Morgan fingerprint density at radius 1 is 1.17 bits per heavy atom. The molecule has 3 saturated carbocycles. The number of esters is 1. The molecular formula is C25H32O4. The molecule has 0 saturated heterocycles. The van der Waals surface area contributed by atoms with E-state index in [-0.39, 0.29) is 34.3 Å². The van der Waals surface area contributed by atoms with Crippen LogP contribution in [0.2, 0.25) is 0 Å². The molecule has 0 aromatic heterocycles. The van der Waals surface area contributed by atoms with Crippen LogP contribution >= 0.6 is 0 Å². The summed E-state index contributed by atoms with van der Waals surface area (Å²) >= 11 is 0. The van der Waals surface area contributed by atoms with Gasteiger partial charge in [-0.15, -0.1) is 0 Å². The van der Waals surface area contributed by atoms with Crippen LogP contribution in [0.3, 0.4) is 0 Å². The third-order valence-electron chi connectivity index (χ3n) is 8.43. The van der Waals surface area contributed by atoms with E-state index in [2.05, 4.69) is 19.9 Å². The van der Waals surface area contributed by atoms with Crippen LogP contribution < -0.4 is 0 Å². The summed E-state index contributed by atoms with van der Waals surface area (Å²) in [4.78, 5) is 35.9. The zero-order valence-corrected chi connectivity index (χ0v) is 18.0. The summed E-state index contributed by atoms with van der Waals surface area (Å²) in [5, 5.41) is 0. The lowest BCUT2D eigenvalue weighted by Gasteiger charge is -2.56. The number of fused-ring (bicyclic) bond motifs is 5. The predicted octanol–water partition coefficient (Wildman–Crippen LogP) is 4.95. The van der Waals surface area contributed by atoms with Gasteiger partial charge in [0.05, 0.1) is 5.92 Å². The summed E-state index contributed by atoms with van der Waals surface area (Å²) in [5.41, 5.74) is 2.23. The Morgan fingerprint density at radius 2 is 1.93 bits per heavy atom. The Labute approximate surface area is 173 Å². The van der Waals surface area contributed by atoms with Crippen molar-refractivity contribution in [3.63, 3.8) is 0 Å². The standard InChI is InChI=1S/C25H32O4/c1-15(2)23(28)29-22(14-26)21-8-7-19-18-6-5-16-13-17(27)9-11-24(16,3)20(18)10-12-25(19,21)4/h9,11,13-15,18-20H,5-8,10,12H2,1-4H3/t18-,19-,20-,24-,25-/m0/s1. The molecular weight excluding hydrogens is 364 g/mol. The number of aldehydes is 1. The second-order valence-electron chi connectivity index (χ2n) is 10.1. The largest absolute Gasteiger partial charge is 0.423 e. The molecule has 4 aliphatic rings. The van der Waals surface area contributed by atoms with Crippen molar-refractivity contribution in [2.45, 2.75) is 66.2 Å². The minimum Gasteiger partial charge on any atom is -0.423 e. The molecule has 4 rings (SSSR count). The lowest BCUT2D eigenvalue weighted by molar-refractivity contribution is -0.144. The summed E-state index contributed by atoms with van der Waals surface area (Å²) in [6, 6.07) is 0. The quantitative estimate of drug-likeness (QED) is 0.293. The SMILES string of the molecule is CC(C)C(=O)OC(C=O)=C1CC[C@H]2[C@@H]3CCC4=CC(=O)C=C[C@]4(C)[C@H]3CC[C@]12C. The van der Waals surface area contributed by atoms with Crippen LogP contribution in [0.25, 0.3) is 0 Å². The minimum atomic E-state index is -0.336. The van der Waals surface area contributed by atoms with Crippen molar-refractivity contribution in [2.75, 3.05) is 0 Å². The molecule has 4 aliphatic carbocycles. The van der Waals surface area contributed by atoms with Crippen molar-refractivity contribution in [2.24, 2.45) is 34.5 Å². The highest BCUT2D eigenvalue weighted by Crippen LogP contribution is 2.66. The number of hydrogen-bond donors (Lipinski definition) is 0. The Hall–Kier alpha value is -1.97. The molecule has 3 fully saturated rings. The van der Waals surface area contributed by atoms with Gasteiger partial charge < -0.3 is 4.74 Å². The van der Waals surface area contributed by atoms with Gasteiger partial charge in [0.25, 0.3) is 0 Å². The molecule has 0 aromatic rings. The van der Waals surface area contributed by atoms with Crippen molar-refractivity contribution in [3.05, 3.63) is 35.1 Å². The van der Waals surface area contributed by atoms with E-state index in [1.807, 2.05) is 6.08 Å². The predicted molar refractivity (Wildman–Crippen MR) is 111 cm³/mol. The number of hydrogen-bond acceptors (Lipinski definition) is 4. The first-order chi connectivity index (χ1) is 13.7. The second kappa shape index (κ2) is 7.07. The maximum Gasteiger partial charge on any atom is 0.313 e. The van der Waals surface area contributed by atoms with E-state index in [1.165, 1.54) is 5.57 Å². The Bertz CT molecular complexity index is 845. The summed E-state index contributed by atoms with van der Waals surface area (Å²) in [6.07, 6.45) is 12.5. The third-order valence-corrected chi connectivity index (χ3v) is 8.43. The van der Waals surface area contributed by atoms with Gasteiger partial charge in [0.2, 0.25) is 0 Å². The molecule has 0 heterocycles. The number of carbonyl (C=O) groups excluding carboxylic acids is 3. The van der Waals surface area contributed by atoms with Crippen molar-refractivity contribution in [1.82, 2.24) is 0 Å². The zero-order chi connectivity index (χ0) is 21.0. The molecule has 0 aliphatic heterocycles. The Morgan fingerprint density at radius 3 is 2.62 bits per heavy atom. The lowest BCUT2D eigenvalue weighted by Crippen LogP contribution is -2.48. The Balaban J connectivity index is 1.65. The van der Waals surface area contributed by atoms with E-state index in [9.17, 15) is 14.4 Å². The van der Waals surface area contributed by atoms with Gasteiger partial charge in [0, 0.05) is 5.41 Å². The molecule has 0 unspecified atom stereocenters. The van der Waals surface area contributed by atoms with Crippen LogP contribution in [-0.4, -0.2) is 18.0 Å². The smallest absolute Gasteiger partial charge is 0.313 e. The van der Waals surface area contributed by atoms with Crippen LogP contribution in [-0.2, 0) is 19.1 Å². The first kappa shape index (κ1) is 20.3. The van der Waals surface area contributed by atoms with E-state index in [0.717, 1.165) is 50.4 Å². The van der Waals surface area contributed by atoms with Crippen molar-refractivity contribution < 1.29 is 19.1 Å². The summed E-state index contributed by atoms with van der Waals surface area (Å²) in [6.45, 7) is 8.15. The minimum absolute atomic E-state index is 0.0256. The highest BCUT2D eigenvalue weighted by Gasteiger charge is 2.57. The molecule has 0 aromatic carbocycles. The molecule has 0 N–H and O–H groups in total. The second-order valence-corrected chi connectivity index (χ2v) is 10.1. The van der Waals surface area contributed by atoms with Gasteiger partial charge in [-0.1, -0.05) is 39.3 Å². The van der Waals surface area contributed by atoms with Crippen LogP contribution in [0.5, 0.6) is 0 Å². The van der Waals surface area contributed by atoms with Crippen LogP contribution in [0.15, 0.2) is 35.1 Å². The van der Waals surface area contributed by atoms with Crippen LogP contribution in [0.1, 0.15) is 66.2 Å². The monoisotopic (exact) mass is 396 g/mol. The maximum absolute atomic E-state index is 12.1. The molecule has 4 nitrogen and oxygen atoms in total. The summed E-state index contributed by atoms with van der Waals surface area (Å²) < 4.78 is 5.53. The number of allylic oxidation sites excluding steroid dienone is 6. The maximum atomic E-state index is 12.1. The van der Waals surface area contributed by atoms with E-state index in [0.29, 0.717) is 17.8 Å². The first-order valence-electron chi connectivity index (χ1n) is 11.1. The molecule has 29 heavy (non-hydrogen) atoms.